The molecule has 0 unspecified atom stereocenters. The van der Waals surface area contributed by atoms with Gasteiger partial charge < -0.3 is 0 Å². The topological polar surface area (TPSA) is 0 Å². The van der Waals surface area contributed by atoms with E-state index in [4.69, 9.17) is 0 Å². The first-order valence-corrected chi connectivity index (χ1v) is 16.3. The highest BCUT2D eigenvalue weighted by molar-refractivity contribution is 4.93. The molecule has 0 aromatic heterocycles. The highest BCUT2D eigenvalue weighted by Crippen LogP contribution is 2.25. The fourth-order valence-electron chi connectivity index (χ4n) is 4.91. The molecule has 0 atom stereocenters. The first-order valence-electron chi connectivity index (χ1n) is 16.3. The van der Waals surface area contributed by atoms with Gasteiger partial charge in [-0.25, -0.2) is 0 Å². The van der Waals surface area contributed by atoms with Gasteiger partial charge in [-0.2, -0.15) is 0 Å². The van der Waals surface area contributed by atoms with Gasteiger partial charge >= 0.3 is 0 Å². The molecular weight excluding hydrogens is 432 g/mol. The van der Waals surface area contributed by atoms with E-state index in [1.54, 1.807) is 0 Å². The molecule has 0 aliphatic rings. The third-order valence-corrected chi connectivity index (χ3v) is 7.46. The third kappa shape index (κ3) is 27.5. The third-order valence-electron chi connectivity index (χ3n) is 7.46. The fourth-order valence-corrected chi connectivity index (χ4v) is 4.91. The van der Waals surface area contributed by atoms with Gasteiger partial charge in [0.1, 0.15) is 0 Å². The summed E-state index contributed by atoms with van der Waals surface area (Å²) in [6, 6.07) is 0. The van der Waals surface area contributed by atoms with Crippen molar-refractivity contribution in [2.75, 3.05) is 0 Å². The van der Waals surface area contributed by atoms with Gasteiger partial charge in [-0.05, 0) is 63.2 Å². The second kappa shape index (κ2) is 30.2. The summed E-state index contributed by atoms with van der Waals surface area (Å²) in [5, 5.41) is 0. The summed E-state index contributed by atoms with van der Waals surface area (Å²) in [5.74, 6) is 1.82. The zero-order chi connectivity index (χ0) is 26.4. The first kappa shape index (κ1) is 35.0. The molecule has 0 N–H and O–H groups in total. The SMILES string of the molecule is CCC/C=C/C/C=C/CCCCCCCCC(CCCCCCCC/C=C/C/C=C/CCC)C(C)C. The van der Waals surface area contributed by atoms with E-state index in [0.717, 1.165) is 24.7 Å². The Morgan fingerprint density at radius 1 is 0.389 bits per heavy atom. The molecule has 0 aliphatic heterocycles. The molecule has 0 nitrogen and oxygen atoms in total. The van der Waals surface area contributed by atoms with Crippen molar-refractivity contribution in [3.8, 4) is 0 Å². The van der Waals surface area contributed by atoms with Gasteiger partial charge in [0.2, 0.25) is 0 Å². The summed E-state index contributed by atoms with van der Waals surface area (Å²) >= 11 is 0. The van der Waals surface area contributed by atoms with Gasteiger partial charge in [-0.15, -0.1) is 0 Å². The maximum atomic E-state index is 2.45. The molecule has 0 rings (SSSR count). The van der Waals surface area contributed by atoms with Gasteiger partial charge in [0.25, 0.3) is 0 Å². The Kier molecular flexibility index (Phi) is 29.3. The summed E-state index contributed by atoms with van der Waals surface area (Å²) < 4.78 is 0. The molecule has 0 aromatic rings. The van der Waals surface area contributed by atoms with Crippen molar-refractivity contribution < 1.29 is 0 Å². The smallest absolute Gasteiger partial charge is 0.0169 e. The monoisotopic (exact) mass is 499 g/mol. The molecule has 210 valence electrons. The first-order chi connectivity index (χ1) is 17.7. The minimum absolute atomic E-state index is 0.859. The predicted molar refractivity (Wildman–Crippen MR) is 168 cm³/mol. The summed E-state index contributed by atoms with van der Waals surface area (Å²) in [7, 11) is 0. The lowest BCUT2D eigenvalue weighted by Gasteiger charge is -2.20. The van der Waals surface area contributed by atoms with Crippen LogP contribution in [0.1, 0.15) is 169 Å². The predicted octanol–water partition coefficient (Wildman–Crippen LogP) is 13.1. The number of unbranched alkanes of at least 4 members (excludes halogenated alkanes) is 14. The van der Waals surface area contributed by atoms with Crippen molar-refractivity contribution in [1.29, 1.82) is 0 Å². The summed E-state index contributed by atoms with van der Waals surface area (Å²) in [6.45, 7) is 9.37. The lowest BCUT2D eigenvalue weighted by Crippen LogP contribution is -2.08. The largest absolute Gasteiger partial charge is 0.0882 e. The molecule has 0 saturated carbocycles. The molecule has 0 radical (unpaired) electrons. The minimum atomic E-state index is 0.859. The lowest BCUT2D eigenvalue weighted by atomic mass is 9.85. The second-order valence-corrected chi connectivity index (χ2v) is 11.3. The zero-order valence-corrected chi connectivity index (χ0v) is 25.3. The van der Waals surface area contributed by atoms with E-state index in [0.29, 0.717) is 0 Å². The van der Waals surface area contributed by atoms with Gasteiger partial charge in [0.05, 0.1) is 0 Å². The standard InChI is InChI=1S/C36H66/c1-5-7-9-11-13-15-17-19-21-23-25-27-29-31-33-36(35(3)4)34-32-30-28-26-24-22-20-18-16-14-12-10-8-6-2/h9-12,15-18,35-36H,5-8,13-14,19-34H2,1-4H3/b11-9+,12-10+,17-15+,18-16+. The van der Waals surface area contributed by atoms with Gasteiger partial charge in [0.15, 0.2) is 0 Å². The van der Waals surface area contributed by atoms with Gasteiger partial charge in [-0.3, -0.25) is 0 Å². The van der Waals surface area contributed by atoms with Crippen LogP contribution >= 0.6 is 0 Å². The van der Waals surface area contributed by atoms with Crippen molar-refractivity contribution in [2.24, 2.45) is 11.8 Å². The molecule has 0 heteroatoms. The molecule has 0 fully saturated rings. The summed E-state index contributed by atoms with van der Waals surface area (Å²) in [6.07, 6.45) is 48.5. The number of hydrogen-bond donors (Lipinski definition) is 0. The number of allylic oxidation sites excluding steroid dienone is 8. The van der Waals surface area contributed by atoms with Crippen LogP contribution in [-0.4, -0.2) is 0 Å². The Morgan fingerprint density at radius 2 is 0.722 bits per heavy atom. The van der Waals surface area contributed by atoms with Crippen LogP contribution in [0.3, 0.4) is 0 Å². The van der Waals surface area contributed by atoms with Crippen LogP contribution in [0.15, 0.2) is 48.6 Å². The van der Waals surface area contributed by atoms with Crippen molar-refractivity contribution >= 4 is 0 Å². The molecule has 0 bridgehead atoms. The zero-order valence-electron chi connectivity index (χ0n) is 25.3. The van der Waals surface area contributed by atoms with Crippen LogP contribution in [0.25, 0.3) is 0 Å². The van der Waals surface area contributed by atoms with Crippen LogP contribution < -0.4 is 0 Å². The minimum Gasteiger partial charge on any atom is -0.0882 e. The number of rotatable bonds is 27. The van der Waals surface area contributed by atoms with Crippen LogP contribution in [0.4, 0.5) is 0 Å². The average molecular weight is 499 g/mol. The Labute approximate surface area is 229 Å². The molecule has 0 spiro atoms. The summed E-state index contributed by atoms with van der Waals surface area (Å²) in [5.41, 5.74) is 0. The number of hydrogen-bond acceptors (Lipinski definition) is 0. The lowest BCUT2D eigenvalue weighted by molar-refractivity contribution is 0.312. The van der Waals surface area contributed by atoms with Crippen LogP contribution in [0, 0.1) is 11.8 Å². The highest BCUT2D eigenvalue weighted by Gasteiger charge is 2.12. The van der Waals surface area contributed by atoms with Crippen LogP contribution in [0.5, 0.6) is 0 Å². The Balaban J connectivity index is 3.53. The van der Waals surface area contributed by atoms with E-state index in [1.165, 1.54) is 128 Å². The maximum absolute atomic E-state index is 2.45. The van der Waals surface area contributed by atoms with Crippen molar-refractivity contribution in [1.82, 2.24) is 0 Å². The molecule has 0 heterocycles. The molecule has 0 saturated heterocycles. The fraction of sp³-hybridized carbons (Fsp3) is 0.778. The molecule has 0 aliphatic carbocycles. The van der Waals surface area contributed by atoms with E-state index in [1.807, 2.05) is 0 Å². The van der Waals surface area contributed by atoms with E-state index >= 15 is 0 Å². The van der Waals surface area contributed by atoms with Crippen LogP contribution in [0.2, 0.25) is 0 Å². The van der Waals surface area contributed by atoms with E-state index in [9.17, 15) is 0 Å². The average Bonchev–Trinajstić information content (AvgIpc) is 2.87. The van der Waals surface area contributed by atoms with Crippen molar-refractivity contribution in [3.63, 3.8) is 0 Å². The maximum Gasteiger partial charge on any atom is -0.0169 e. The van der Waals surface area contributed by atoms with E-state index in [2.05, 4.69) is 76.3 Å². The molecule has 36 heavy (non-hydrogen) atoms. The second-order valence-electron chi connectivity index (χ2n) is 11.3. The summed E-state index contributed by atoms with van der Waals surface area (Å²) in [4.78, 5) is 0. The van der Waals surface area contributed by atoms with Crippen molar-refractivity contribution in [2.45, 2.75) is 169 Å². The van der Waals surface area contributed by atoms with Crippen LogP contribution in [-0.2, 0) is 0 Å². The Morgan fingerprint density at radius 3 is 1.08 bits per heavy atom. The molecule has 0 amide bonds. The van der Waals surface area contributed by atoms with Gasteiger partial charge in [-0.1, -0.05) is 166 Å². The van der Waals surface area contributed by atoms with E-state index < -0.39 is 0 Å². The Bertz CT molecular complexity index is 474. The van der Waals surface area contributed by atoms with Gasteiger partial charge in [0, 0.05) is 0 Å². The quantitative estimate of drug-likeness (QED) is 0.0780. The highest BCUT2D eigenvalue weighted by atomic mass is 14.2. The normalized spacial score (nSPS) is 12.7. The molecule has 0 aromatic carbocycles. The van der Waals surface area contributed by atoms with Crippen molar-refractivity contribution in [3.05, 3.63) is 48.6 Å². The molecular formula is C36H66. The Hall–Kier alpha value is -1.04. The van der Waals surface area contributed by atoms with E-state index in [-0.39, 0.29) is 0 Å².